The predicted molar refractivity (Wildman–Crippen MR) is 73.9 cm³/mol. The van der Waals surface area contributed by atoms with Crippen molar-refractivity contribution >= 4 is 6.29 Å². The number of carbonyl (C=O) groups is 1. The molecule has 3 nitrogen and oxygen atoms in total. The van der Waals surface area contributed by atoms with Gasteiger partial charge in [-0.1, -0.05) is 12.1 Å². The lowest BCUT2D eigenvalue weighted by atomic mass is 10.1. The summed E-state index contributed by atoms with van der Waals surface area (Å²) in [4.78, 5) is 10.7. The van der Waals surface area contributed by atoms with E-state index >= 15 is 0 Å². The molecule has 2 rings (SSSR count). The first kappa shape index (κ1) is 13.1. The quantitative estimate of drug-likeness (QED) is 0.769. The number of aryl methyl sites for hydroxylation is 1. The van der Waals surface area contributed by atoms with Crippen LogP contribution < -0.4 is 9.47 Å². The van der Waals surface area contributed by atoms with Crippen LogP contribution in [0.3, 0.4) is 0 Å². The molecule has 0 bridgehead atoms. The van der Waals surface area contributed by atoms with Gasteiger partial charge in [0.05, 0.1) is 7.11 Å². The third-order valence-electron chi connectivity index (χ3n) is 2.86. The van der Waals surface area contributed by atoms with E-state index in [1.807, 2.05) is 43.3 Å². The molecular formula is C16H16O3. The van der Waals surface area contributed by atoms with Crippen molar-refractivity contribution in [3.63, 3.8) is 0 Å². The first-order chi connectivity index (χ1) is 9.22. The number of hydrogen-bond donors (Lipinski definition) is 0. The summed E-state index contributed by atoms with van der Waals surface area (Å²) >= 11 is 0. The highest BCUT2D eigenvalue weighted by atomic mass is 16.5. The van der Waals surface area contributed by atoms with E-state index < -0.39 is 0 Å². The van der Waals surface area contributed by atoms with Crippen molar-refractivity contribution in [2.45, 2.75) is 13.5 Å². The van der Waals surface area contributed by atoms with Crippen LogP contribution in [0.2, 0.25) is 0 Å². The standard InChI is InChI=1S/C16H16O3/c1-12-8-13(10-17)6-7-16(12)19-11-14-4-3-5-15(9-14)18-2/h3-10H,11H2,1-2H3. The predicted octanol–water partition coefficient (Wildman–Crippen LogP) is 3.40. The number of methoxy groups -OCH3 is 1. The molecule has 2 aromatic rings. The number of benzene rings is 2. The van der Waals surface area contributed by atoms with Crippen LogP contribution in [0.5, 0.6) is 11.5 Å². The fraction of sp³-hybridized carbons (Fsp3) is 0.188. The molecule has 0 unspecified atom stereocenters. The first-order valence-electron chi connectivity index (χ1n) is 6.04. The second-order valence-electron chi connectivity index (χ2n) is 4.28. The van der Waals surface area contributed by atoms with Crippen molar-refractivity contribution in [2.24, 2.45) is 0 Å². The number of carbonyl (C=O) groups excluding carboxylic acids is 1. The molecule has 0 saturated heterocycles. The molecule has 0 aliphatic heterocycles. The van der Waals surface area contributed by atoms with Gasteiger partial charge in [0.15, 0.2) is 0 Å². The van der Waals surface area contributed by atoms with Gasteiger partial charge in [-0.25, -0.2) is 0 Å². The van der Waals surface area contributed by atoms with Crippen LogP contribution in [-0.4, -0.2) is 13.4 Å². The molecule has 0 atom stereocenters. The Morgan fingerprint density at radius 3 is 2.68 bits per heavy atom. The van der Waals surface area contributed by atoms with E-state index in [1.165, 1.54) is 0 Å². The van der Waals surface area contributed by atoms with E-state index in [2.05, 4.69) is 0 Å². The summed E-state index contributed by atoms with van der Waals surface area (Å²) in [5.41, 5.74) is 2.65. The monoisotopic (exact) mass is 256 g/mol. The minimum atomic E-state index is 0.471. The van der Waals surface area contributed by atoms with E-state index in [4.69, 9.17) is 9.47 Å². The Kier molecular flexibility index (Phi) is 4.18. The van der Waals surface area contributed by atoms with Gasteiger partial charge in [0.2, 0.25) is 0 Å². The molecule has 0 N–H and O–H groups in total. The molecule has 3 heteroatoms. The van der Waals surface area contributed by atoms with Crippen LogP contribution in [0.4, 0.5) is 0 Å². The molecule has 0 aliphatic carbocycles. The van der Waals surface area contributed by atoms with E-state index in [0.29, 0.717) is 12.2 Å². The van der Waals surface area contributed by atoms with Gasteiger partial charge < -0.3 is 9.47 Å². The molecule has 0 amide bonds. The minimum absolute atomic E-state index is 0.471. The molecule has 0 heterocycles. The zero-order valence-electron chi connectivity index (χ0n) is 11.1. The van der Waals surface area contributed by atoms with E-state index in [9.17, 15) is 4.79 Å². The Morgan fingerprint density at radius 1 is 1.16 bits per heavy atom. The number of rotatable bonds is 5. The van der Waals surface area contributed by atoms with Gasteiger partial charge in [-0.2, -0.15) is 0 Å². The fourth-order valence-electron chi connectivity index (χ4n) is 1.83. The highest BCUT2D eigenvalue weighted by molar-refractivity contribution is 5.75. The summed E-state index contributed by atoms with van der Waals surface area (Å²) in [5.74, 6) is 1.60. The van der Waals surface area contributed by atoms with E-state index in [1.54, 1.807) is 13.2 Å². The molecule has 0 aliphatic rings. The van der Waals surface area contributed by atoms with Crippen LogP contribution in [0.25, 0.3) is 0 Å². The van der Waals surface area contributed by atoms with Crippen molar-refractivity contribution in [3.8, 4) is 11.5 Å². The maximum Gasteiger partial charge on any atom is 0.150 e. The molecule has 0 radical (unpaired) electrons. The van der Waals surface area contributed by atoms with Gasteiger partial charge in [-0.15, -0.1) is 0 Å². The summed E-state index contributed by atoms with van der Waals surface area (Å²) in [6, 6.07) is 13.1. The molecule has 2 aromatic carbocycles. The van der Waals surface area contributed by atoms with E-state index in [0.717, 1.165) is 28.9 Å². The SMILES string of the molecule is COc1cccc(COc2ccc(C=O)cc2C)c1. The van der Waals surface area contributed by atoms with Crippen LogP contribution in [-0.2, 0) is 6.61 Å². The van der Waals surface area contributed by atoms with Crippen molar-refractivity contribution in [1.82, 2.24) is 0 Å². The molecular weight excluding hydrogens is 240 g/mol. The normalized spacial score (nSPS) is 10.0. The van der Waals surface area contributed by atoms with Crippen LogP contribution >= 0.6 is 0 Å². The van der Waals surface area contributed by atoms with Gasteiger partial charge >= 0.3 is 0 Å². The number of aldehydes is 1. The van der Waals surface area contributed by atoms with Crippen LogP contribution in [0.15, 0.2) is 42.5 Å². The molecule has 0 fully saturated rings. The third-order valence-corrected chi connectivity index (χ3v) is 2.86. The smallest absolute Gasteiger partial charge is 0.150 e. The average Bonchev–Trinajstić information content (AvgIpc) is 2.46. The summed E-state index contributed by atoms with van der Waals surface area (Å²) in [6.07, 6.45) is 0.832. The van der Waals surface area contributed by atoms with Gasteiger partial charge in [0, 0.05) is 5.56 Å². The lowest BCUT2D eigenvalue weighted by Crippen LogP contribution is -1.98. The second kappa shape index (κ2) is 6.05. The molecule has 19 heavy (non-hydrogen) atoms. The number of ether oxygens (including phenoxy) is 2. The van der Waals surface area contributed by atoms with Crippen molar-refractivity contribution < 1.29 is 14.3 Å². The Balaban J connectivity index is 2.07. The number of hydrogen-bond acceptors (Lipinski definition) is 3. The largest absolute Gasteiger partial charge is 0.497 e. The second-order valence-corrected chi connectivity index (χ2v) is 4.28. The maximum absolute atomic E-state index is 10.7. The van der Waals surface area contributed by atoms with Crippen molar-refractivity contribution in [3.05, 3.63) is 59.2 Å². The zero-order valence-corrected chi connectivity index (χ0v) is 11.1. The summed E-state index contributed by atoms with van der Waals surface area (Å²) in [6.45, 7) is 2.40. The average molecular weight is 256 g/mol. The Bertz CT molecular complexity index is 576. The lowest BCUT2D eigenvalue weighted by Gasteiger charge is -2.10. The fourth-order valence-corrected chi connectivity index (χ4v) is 1.83. The molecule has 98 valence electrons. The zero-order chi connectivity index (χ0) is 13.7. The topological polar surface area (TPSA) is 35.5 Å². The maximum atomic E-state index is 10.7. The first-order valence-corrected chi connectivity index (χ1v) is 6.04. The van der Waals surface area contributed by atoms with Crippen molar-refractivity contribution in [2.75, 3.05) is 7.11 Å². The summed E-state index contributed by atoms with van der Waals surface area (Å²) < 4.78 is 10.9. The van der Waals surface area contributed by atoms with Crippen molar-refractivity contribution in [1.29, 1.82) is 0 Å². The van der Waals surface area contributed by atoms with Crippen LogP contribution in [0, 0.1) is 6.92 Å². The van der Waals surface area contributed by atoms with Gasteiger partial charge in [-0.3, -0.25) is 4.79 Å². The highest BCUT2D eigenvalue weighted by Gasteiger charge is 2.02. The molecule has 0 spiro atoms. The lowest BCUT2D eigenvalue weighted by molar-refractivity contribution is 0.112. The van der Waals surface area contributed by atoms with Gasteiger partial charge in [0.1, 0.15) is 24.4 Å². The minimum Gasteiger partial charge on any atom is -0.497 e. The highest BCUT2D eigenvalue weighted by Crippen LogP contribution is 2.20. The Morgan fingerprint density at radius 2 is 2.00 bits per heavy atom. The third kappa shape index (κ3) is 3.35. The van der Waals surface area contributed by atoms with E-state index in [-0.39, 0.29) is 0 Å². The van der Waals surface area contributed by atoms with Gasteiger partial charge in [0.25, 0.3) is 0 Å². The Labute approximate surface area is 112 Å². The summed E-state index contributed by atoms with van der Waals surface area (Å²) in [5, 5.41) is 0. The van der Waals surface area contributed by atoms with Crippen LogP contribution in [0.1, 0.15) is 21.5 Å². The Hall–Kier alpha value is -2.29. The molecule has 0 aromatic heterocycles. The molecule has 0 saturated carbocycles. The van der Waals surface area contributed by atoms with Gasteiger partial charge in [-0.05, 0) is 48.4 Å². The summed E-state index contributed by atoms with van der Waals surface area (Å²) in [7, 11) is 1.64.